The number of rotatable bonds is 6. The third-order valence-corrected chi connectivity index (χ3v) is 4.72. The van der Waals surface area contributed by atoms with Crippen LogP contribution in [0.15, 0.2) is 0 Å². The van der Waals surface area contributed by atoms with Crippen LogP contribution in [-0.2, 0) is 11.2 Å². The minimum atomic E-state index is 0. The number of hydrogen-bond donors (Lipinski definition) is 2. The maximum atomic E-state index is 12.0. The number of piperidine rings is 1. The van der Waals surface area contributed by atoms with Gasteiger partial charge in [0, 0.05) is 12.8 Å². The zero-order valence-corrected chi connectivity index (χ0v) is 14.4. The molecule has 1 aromatic heterocycles. The Morgan fingerprint density at radius 1 is 1.52 bits per heavy atom. The minimum Gasteiger partial charge on any atom is -0.316 e. The van der Waals surface area contributed by atoms with Crippen molar-refractivity contribution in [2.75, 3.05) is 18.4 Å². The molecule has 0 aromatic carbocycles. The number of aryl methyl sites for hydroxylation is 1. The molecule has 1 amide bonds. The molecular formula is C14H25ClN4OS. The Bertz CT molecular complexity index is 434. The van der Waals surface area contributed by atoms with Gasteiger partial charge >= 0.3 is 0 Å². The van der Waals surface area contributed by atoms with Crippen molar-refractivity contribution < 1.29 is 4.79 Å². The van der Waals surface area contributed by atoms with E-state index in [1.807, 2.05) is 0 Å². The molecule has 2 N–H and O–H groups in total. The van der Waals surface area contributed by atoms with Crippen LogP contribution >= 0.6 is 23.7 Å². The van der Waals surface area contributed by atoms with Gasteiger partial charge in [-0.2, -0.15) is 0 Å². The van der Waals surface area contributed by atoms with Crippen molar-refractivity contribution in [1.29, 1.82) is 0 Å². The van der Waals surface area contributed by atoms with E-state index in [2.05, 4.69) is 34.7 Å². The smallest absolute Gasteiger partial charge is 0.226 e. The monoisotopic (exact) mass is 332 g/mol. The fraction of sp³-hybridized carbons (Fsp3) is 0.786. The van der Waals surface area contributed by atoms with Gasteiger partial charge in [-0.1, -0.05) is 25.2 Å². The SMILES string of the molecule is CCCc1nnc(NC(=O)CC(C)C2CCCNC2)s1.Cl. The highest BCUT2D eigenvalue weighted by molar-refractivity contribution is 7.15. The van der Waals surface area contributed by atoms with Crippen molar-refractivity contribution in [3.8, 4) is 0 Å². The molecule has 1 saturated heterocycles. The van der Waals surface area contributed by atoms with Crippen LogP contribution in [0.1, 0.15) is 44.5 Å². The second-order valence-corrected chi connectivity index (χ2v) is 6.65. The maximum Gasteiger partial charge on any atom is 0.226 e. The number of carbonyl (C=O) groups excluding carboxylic acids is 1. The van der Waals surface area contributed by atoms with Crippen LogP contribution in [0.3, 0.4) is 0 Å². The van der Waals surface area contributed by atoms with E-state index in [1.54, 1.807) is 0 Å². The summed E-state index contributed by atoms with van der Waals surface area (Å²) in [5.41, 5.74) is 0. The fourth-order valence-corrected chi connectivity index (χ4v) is 3.47. The Balaban J connectivity index is 0.00000220. The molecule has 0 aliphatic carbocycles. The van der Waals surface area contributed by atoms with Crippen molar-refractivity contribution in [2.45, 2.75) is 46.0 Å². The molecule has 1 aliphatic rings. The highest BCUT2D eigenvalue weighted by Gasteiger charge is 2.22. The first-order valence-corrected chi connectivity index (χ1v) is 8.33. The van der Waals surface area contributed by atoms with Crippen LogP contribution < -0.4 is 10.6 Å². The number of carbonyl (C=O) groups is 1. The van der Waals surface area contributed by atoms with Crippen molar-refractivity contribution in [1.82, 2.24) is 15.5 Å². The molecule has 0 saturated carbocycles. The average molecular weight is 333 g/mol. The molecule has 2 unspecified atom stereocenters. The van der Waals surface area contributed by atoms with E-state index in [1.165, 1.54) is 24.2 Å². The van der Waals surface area contributed by atoms with Crippen LogP contribution in [0.5, 0.6) is 0 Å². The van der Waals surface area contributed by atoms with Gasteiger partial charge in [0.25, 0.3) is 0 Å². The maximum absolute atomic E-state index is 12.0. The lowest BCUT2D eigenvalue weighted by molar-refractivity contribution is -0.117. The lowest BCUT2D eigenvalue weighted by Crippen LogP contribution is -2.34. The van der Waals surface area contributed by atoms with Gasteiger partial charge in [-0.25, -0.2) is 0 Å². The van der Waals surface area contributed by atoms with Gasteiger partial charge in [0.05, 0.1) is 0 Å². The predicted molar refractivity (Wildman–Crippen MR) is 89.2 cm³/mol. The molecule has 21 heavy (non-hydrogen) atoms. The quantitative estimate of drug-likeness (QED) is 0.840. The van der Waals surface area contributed by atoms with Crippen LogP contribution in [0.25, 0.3) is 0 Å². The first kappa shape index (κ1) is 18.3. The molecule has 1 aliphatic heterocycles. The number of anilines is 1. The highest BCUT2D eigenvalue weighted by Crippen LogP contribution is 2.23. The molecule has 7 heteroatoms. The second-order valence-electron chi connectivity index (χ2n) is 5.59. The van der Waals surface area contributed by atoms with E-state index in [0.29, 0.717) is 23.4 Å². The number of aromatic nitrogens is 2. The standard InChI is InChI=1S/C14H24N4OS.ClH/c1-3-5-13-17-18-14(20-13)16-12(19)8-10(2)11-6-4-7-15-9-11;/h10-11,15H,3-9H2,1-2H3,(H,16,18,19);1H. The molecule has 5 nitrogen and oxygen atoms in total. The largest absolute Gasteiger partial charge is 0.316 e. The topological polar surface area (TPSA) is 66.9 Å². The van der Waals surface area contributed by atoms with E-state index in [9.17, 15) is 4.79 Å². The summed E-state index contributed by atoms with van der Waals surface area (Å²) < 4.78 is 0. The molecular weight excluding hydrogens is 308 g/mol. The van der Waals surface area contributed by atoms with Crippen LogP contribution in [-0.4, -0.2) is 29.2 Å². The van der Waals surface area contributed by atoms with Crippen LogP contribution in [0, 0.1) is 11.8 Å². The summed E-state index contributed by atoms with van der Waals surface area (Å²) in [7, 11) is 0. The van der Waals surface area contributed by atoms with Gasteiger partial charge in [0.2, 0.25) is 11.0 Å². The summed E-state index contributed by atoms with van der Waals surface area (Å²) in [6, 6.07) is 0. The van der Waals surface area contributed by atoms with E-state index in [4.69, 9.17) is 0 Å². The summed E-state index contributed by atoms with van der Waals surface area (Å²) in [6.45, 7) is 6.42. The number of nitrogens with zero attached hydrogens (tertiary/aromatic N) is 2. The van der Waals surface area contributed by atoms with Crippen molar-refractivity contribution in [3.63, 3.8) is 0 Å². The predicted octanol–water partition coefficient (Wildman–Crippen LogP) is 2.88. The Morgan fingerprint density at radius 2 is 2.33 bits per heavy atom. The zero-order chi connectivity index (χ0) is 14.4. The lowest BCUT2D eigenvalue weighted by atomic mass is 9.85. The third kappa shape index (κ3) is 5.88. The number of hydrogen-bond acceptors (Lipinski definition) is 5. The van der Waals surface area contributed by atoms with Crippen molar-refractivity contribution in [2.24, 2.45) is 11.8 Å². The number of nitrogens with one attached hydrogen (secondary N) is 2. The summed E-state index contributed by atoms with van der Waals surface area (Å²) in [6.07, 6.45) is 4.98. The lowest BCUT2D eigenvalue weighted by Gasteiger charge is -2.27. The van der Waals surface area contributed by atoms with Gasteiger partial charge in [0.15, 0.2) is 0 Å². The van der Waals surface area contributed by atoms with E-state index < -0.39 is 0 Å². The molecule has 0 spiro atoms. The zero-order valence-electron chi connectivity index (χ0n) is 12.7. The molecule has 0 radical (unpaired) electrons. The van der Waals surface area contributed by atoms with E-state index >= 15 is 0 Å². The number of halogens is 1. The Labute approximate surface area is 136 Å². The van der Waals surface area contributed by atoms with E-state index in [0.717, 1.165) is 30.9 Å². The summed E-state index contributed by atoms with van der Waals surface area (Å²) in [5.74, 6) is 1.08. The highest BCUT2D eigenvalue weighted by atomic mass is 35.5. The molecule has 0 bridgehead atoms. The van der Waals surface area contributed by atoms with Gasteiger partial charge in [-0.15, -0.1) is 22.6 Å². The van der Waals surface area contributed by atoms with Gasteiger partial charge in [0.1, 0.15) is 5.01 Å². The normalized spacial score (nSPS) is 19.6. The summed E-state index contributed by atoms with van der Waals surface area (Å²) in [4.78, 5) is 12.0. The van der Waals surface area contributed by atoms with Crippen LogP contribution in [0.2, 0.25) is 0 Å². The molecule has 2 rings (SSSR count). The first-order valence-electron chi connectivity index (χ1n) is 7.52. The average Bonchev–Trinajstić information content (AvgIpc) is 2.87. The third-order valence-electron chi connectivity index (χ3n) is 3.82. The van der Waals surface area contributed by atoms with Gasteiger partial charge in [-0.3, -0.25) is 4.79 Å². The fourth-order valence-electron chi connectivity index (χ4n) is 2.61. The first-order chi connectivity index (χ1) is 9.69. The molecule has 1 aromatic rings. The Hall–Kier alpha value is -0.720. The molecule has 120 valence electrons. The van der Waals surface area contributed by atoms with Crippen molar-refractivity contribution >= 4 is 34.8 Å². The van der Waals surface area contributed by atoms with Crippen molar-refractivity contribution in [3.05, 3.63) is 5.01 Å². The van der Waals surface area contributed by atoms with Gasteiger partial charge < -0.3 is 10.6 Å². The second kappa shape index (κ2) is 9.33. The molecule has 1 fully saturated rings. The minimum absolute atomic E-state index is 0. The van der Waals surface area contributed by atoms with E-state index in [-0.39, 0.29) is 18.3 Å². The summed E-state index contributed by atoms with van der Waals surface area (Å²) >= 11 is 1.48. The number of amides is 1. The summed E-state index contributed by atoms with van der Waals surface area (Å²) in [5, 5.41) is 16.0. The van der Waals surface area contributed by atoms with Gasteiger partial charge in [-0.05, 0) is 44.2 Å². The molecule has 2 heterocycles. The Kier molecular flexibility index (Phi) is 8.14. The molecule has 2 atom stereocenters. The van der Waals surface area contributed by atoms with Crippen LogP contribution in [0.4, 0.5) is 5.13 Å². The Morgan fingerprint density at radius 3 is 3.00 bits per heavy atom.